The van der Waals surface area contributed by atoms with Crippen LogP contribution >= 0.6 is 0 Å². The van der Waals surface area contributed by atoms with Crippen LogP contribution in [0.15, 0.2) is 42.5 Å². The van der Waals surface area contributed by atoms with Crippen LogP contribution in [0.1, 0.15) is 24.2 Å². The average molecular weight is 274 g/mol. The molecule has 0 bridgehead atoms. The maximum atomic E-state index is 9.75. The third-order valence-corrected chi connectivity index (χ3v) is 2.98. The Morgan fingerprint density at radius 1 is 1.15 bits per heavy atom. The van der Waals surface area contributed by atoms with Crippen molar-refractivity contribution in [2.75, 3.05) is 7.11 Å². The van der Waals surface area contributed by atoms with Crippen LogP contribution in [0.3, 0.4) is 0 Å². The van der Waals surface area contributed by atoms with Gasteiger partial charge in [-0.05, 0) is 36.8 Å². The molecule has 4 nitrogen and oxygen atoms in total. The molecule has 1 atom stereocenters. The van der Waals surface area contributed by atoms with Gasteiger partial charge in [-0.2, -0.15) is 0 Å². The van der Waals surface area contributed by atoms with E-state index in [1.807, 2.05) is 6.07 Å². The summed E-state index contributed by atoms with van der Waals surface area (Å²) in [5.74, 6) is 1.44. The van der Waals surface area contributed by atoms with Crippen LogP contribution < -0.4 is 9.47 Å². The molecule has 20 heavy (non-hydrogen) atoms. The summed E-state index contributed by atoms with van der Waals surface area (Å²) in [7, 11) is 1.58. The number of methoxy groups -OCH3 is 1. The Kier molecular flexibility index (Phi) is 4.48. The molecule has 0 saturated heterocycles. The fourth-order valence-electron chi connectivity index (χ4n) is 1.92. The van der Waals surface area contributed by atoms with E-state index in [9.17, 15) is 10.2 Å². The Labute approximate surface area is 118 Å². The molecule has 0 amide bonds. The third kappa shape index (κ3) is 3.42. The van der Waals surface area contributed by atoms with E-state index < -0.39 is 6.10 Å². The molecule has 0 aliphatic rings. The minimum atomic E-state index is -0.625. The summed E-state index contributed by atoms with van der Waals surface area (Å²) in [5, 5.41) is 19.2. The van der Waals surface area contributed by atoms with Crippen molar-refractivity contribution < 1.29 is 19.7 Å². The summed E-state index contributed by atoms with van der Waals surface area (Å²) in [6, 6.07) is 12.2. The average Bonchev–Trinajstić information content (AvgIpc) is 2.44. The van der Waals surface area contributed by atoms with Gasteiger partial charge in [0.1, 0.15) is 23.9 Å². The number of hydrogen-bond acceptors (Lipinski definition) is 4. The standard InChI is InChI=1S/C16H18O4/c1-11(17)15-7-6-14(19-2)9-16(15)20-10-12-4-3-5-13(18)8-12/h3-9,11,17-18H,10H2,1-2H3. The van der Waals surface area contributed by atoms with Gasteiger partial charge < -0.3 is 19.7 Å². The van der Waals surface area contributed by atoms with Gasteiger partial charge in [-0.15, -0.1) is 0 Å². The fraction of sp³-hybridized carbons (Fsp3) is 0.250. The van der Waals surface area contributed by atoms with E-state index in [0.29, 0.717) is 23.7 Å². The second-order valence-corrected chi connectivity index (χ2v) is 4.54. The number of rotatable bonds is 5. The second kappa shape index (κ2) is 6.30. The van der Waals surface area contributed by atoms with Crippen LogP contribution in [0.2, 0.25) is 0 Å². The largest absolute Gasteiger partial charge is 0.508 e. The molecule has 2 N–H and O–H groups in total. The second-order valence-electron chi connectivity index (χ2n) is 4.54. The molecule has 0 aromatic heterocycles. The molecule has 0 radical (unpaired) electrons. The number of benzene rings is 2. The highest BCUT2D eigenvalue weighted by molar-refractivity contribution is 5.42. The first-order valence-corrected chi connectivity index (χ1v) is 6.37. The molecule has 0 aliphatic heterocycles. The van der Waals surface area contributed by atoms with E-state index in [4.69, 9.17) is 9.47 Å². The first-order chi connectivity index (χ1) is 9.60. The van der Waals surface area contributed by atoms with Gasteiger partial charge in [0.25, 0.3) is 0 Å². The molecule has 2 rings (SSSR count). The van der Waals surface area contributed by atoms with Gasteiger partial charge in [0.05, 0.1) is 13.2 Å². The quantitative estimate of drug-likeness (QED) is 0.880. The van der Waals surface area contributed by atoms with E-state index >= 15 is 0 Å². The van der Waals surface area contributed by atoms with Crippen molar-refractivity contribution in [3.63, 3.8) is 0 Å². The lowest BCUT2D eigenvalue weighted by atomic mass is 10.1. The molecule has 0 heterocycles. The van der Waals surface area contributed by atoms with Crippen LogP contribution in [-0.2, 0) is 6.61 Å². The van der Waals surface area contributed by atoms with E-state index in [0.717, 1.165) is 5.56 Å². The zero-order chi connectivity index (χ0) is 14.5. The highest BCUT2D eigenvalue weighted by Crippen LogP contribution is 2.30. The van der Waals surface area contributed by atoms with Crippen molar-refractivity contribution in [3.8, 4) is 17.2 Å². The summed E-state index contributed by atoms with van der Waals surface area (Å²) < 4.78 is 10.9. The highest BCUT2D eigenvalue weighted by Gasteiger charge is 2.11. The number of aromatic hydroxyl groups is 1. The normalized spacial score (nSPS) is 11.9. The zero-order valence-electron chi connectivity index (χ0n) is 11.5. The first-order valence-electron chi connectivity index (χ1n) is 6.37. The number of aliphatic hydroxyl groups excluding tert-OH is 1. The van der Waals surface area contributed by atoms with Gasteiger partial charge in [-0.25, -0.2) is 0 Å². The maximum Gasteiger partial charge on any atom is 0.129 e. The summed E-state index contributed by atoms with van der Waals surface area (Å²) in [4.78, 5) is 0. The van der Waals surface area contributed by atoms with E-state index in [1.165, 1.54) is 0 Å². The summed E-state index contributed by atoms with van der Waals surface area (Å²) in [6.45, 7) is 1.99. The van der Waals surface area contributed by atoms with Gasteiger partial charge in [0, 0.05) is 11.6 Å². The molecule has 0 aliphatic carbocycles. The van der Waals surface area contributed by atoms with E-state index in [-0.39, 0.29) is 5.75 Å². The van der Waals surface area contributed by atoms with E-state index in [2.05, 4.69) is 0 Å². The van der Waals surface area contributed by atoms with Gasteiger partial charge in [0.2, 0.25) is 0 Å². The number of phenols is 1. The molecule has 4 heteroatoms. The molecule has 1 unspecified atom stereocenters. The molecular weight excluding hydrogens is 256 g/mol. The maximum absolute atomic E-state index is 9.75. The predicted octanol–water partition coefficient (Wildman–Crippen LogP) is 3.03. The van der Waals surface area contributed by atoms with Gasteiger partial charge in [-0.3, -0.25) is 0 Å². The molecule has 0 fully saturated rings. The van der Waals surface area contributed by atoms with E-state index in [1.54, 1.807) is 50.4 Å². The van der Waals surface area contributed by atoms with Crippen LogP contribution in [0.5, 0.6) is 17.2 Å². The van der Waals surface area contributed by atoms with Crippen molar-refractivity contribution >= 4 is 0 Å². The molecule has 0 spiro atoms. The summed E-state index contributed by atoms with van der Waals surface area (Å²) >= 11 is 0. The fourth-order valence-corrected chi connectivity index (χ4v) is 1.92. The lowest BCUT2D eigenvalue weighted by Gasteiger charge is -2.15. The van der Waals surface area contributed by atoms with Crippen LogP contribution in [0.25, 0.3) is 0 Å². The van der Waals surface area contributed by atoms with Crippen molar-refractivity contribution in [2.24, 2.45) is 0 Å². The van der Waals surface area contributed by atoms with Crippen LogP contribution in [0.4, 0.5) is 0 Å². The third-order valence-electron chi connectivity index (χ3n) is 2.98. The van der Waals surface area contributed by atoms with Crippen molar-refractivity contribution in [1.82, 2.24) is 0 Å². The molecule has 0 saturated carbocycles. The predicted molar refractivity (Wildman–Crippen MR) is 76.1 cm³/mol. The van der Waals surface area contributed by atoms with Crippen LogP contribution in [-0.4, -0.2) is 17.3 Å². The highest BCUT2D eigenvalue weighted by atomic mass is 16.5. The van der Waals surface area contributed by atoms with Gasteiger partial charge in [0.15, 0.2) is 0 Å². The number of phenolic OH excluding ortho intramolecular Hbond substituents is 1. The molecule has 2 aromatic carbocycles. The first kappa shape index (κ1) is 14.2. The van der Waals surface area contributed by atoms with Gasteiger partial charge in [-0.1, -0.05) is 12.1 Å². The topological polar surface area (TPSA) is 58.9 Å². The van der Waals surface area contributed by atoms with Crippen molar-refractivity contribution in [1.29, 1.82) is 0 Å². The number of ether oxygens (including phenoxy) is 2. The monoisotopic (exact) mass is 274 g/mol. The van der Waals surface area contributed by atoms with Gasteiger partial charge >= 0.3 is 0 Å². The summed E-state index contributed by atoms with van der Waals surface area (Å²) in [6.07, 6.45) is -0.625. The minimum Gasteiger partial charge on any atom is -0.508 e. The Morgan fingerprint density at radius 3 is 2.60 bits per heavy atom. The lowest BCUT2D eigenvalue weighted by Crippen LogP contribution is -2.01. The zero-order valence-corrected chi connectivity index (χ0v) is 11.5. The molecule has 106 valence electrons. The summed E-state index contributed by atoms with van der Waals surface area (Å²) in [5.41, 5.74) is 1.55. The molecular formula is C16H18O4. The Morgan fingerprint density at radius 2 is 1.95 bits per heavy atom. The Hall–Kier alpha value is -2.20. The number of hydrogen-bond donors (Lipinski definition) is 2. The SMILES string of the molecule is COc1ccc(C(C)O)c(OCc2cccc(O)c2)c1. The van der Waals surface area contributed by atoms with Crippen molar-refractivity contribution in [3.05, 3.63) is 53.6 Å². The number of aliphatic hydroxyl groups is 1. The molecule has 2 aromatic rings. The Balaban J connectivity index is 2.19. The lowest BCUT2D eigenvalue weighted by molar-refractivity contribution is 0.190. The van der Waals surface area contributed by atoms with Crippen molar-refractivity contribution in [2.45, 2.75) is 19.6 Å². The Bertz CT molecular complexity index is 578. The smallest absolute Gasteiger partial charge is 0.129 e. The minimum absolute atomic E-state index is 0.201. The van der Waals surface area contributed by atoms with Crippen LogP contribution in [0, 0.1) is 0 Å².